The zero-order valence-corrected chi connectivity index (χ0v) is 10.1. The molecule has 0 aliphatic carbocycles. The van der Waals surface area contributed by atoms with E-state index in [0.29, 0.717) is 0 Å². The van der Waals surface area contributed by atoms with Gasteiger partial charge in [-0.15, -0.1) is 0 Å². The Morgan fingerprint density at radius 2 is 2.06 bits per heavy atom. The molecule has 0 saturated heterocycles. The second kappa shape index (κ2) is 4.58. The topological polar surface area (TPSA) is 105 Å². The Morgan fingerprint density at radius 1 is 1.47 bits per heavy atom. The summed E-state index contributed by atoms with van der Waals surface area (Å²) in [6.45, 7) is 3.12. The van der Waals surface area contributed by atoms with E-state index in [1.165, 1.54) is 12.1 Å². The Balaban J connectivity index is 3.05. The zero-order chi connectivity index (χ0) is 13.2. The molecule has 6 nitrogen and oxygen atoms in total. The van der Waals surface area contributed by atoms with Gasteiger partial charge in [-0.1, -0.05) is 11.6 Å². The minimum Gasteiger partial charge on any atom is -0.476 e. The molecule has 0 fully saturated rings. The van der Waals surface area contributed by atoms with Gasteiger partial charge < -0.3 is 16.2 Å². The highest BCUT2D eigenvalue weighted by atomic mass is 35.5. The number of nitrogens with two attached hydrogens (primary N) is 1. The van der Waals surface area contributed by atoms with E-state index in [-0.39, 0.29) is 16.5 Å². The molecule has 17 heavy (non-hydrogen) atoms. The number of nitrogens with zero attached hydrogens (tertiary/aromatic N) is 1. The molecule has 0 saturated carbocycles. The molecule has 1 aromatic rings. The van der Waals surface area contributed by atoms with Crippen LogP contribution in [0.25, 0.3) is 0 Å². The quantitative estimate of drug-likeness (QED) is 0.749. The number of pyridine rings is 1. The van der Waals surface area contributed by atoms with Crippen molar-refractivity contribution in [3.05, 3.63) is 22.8 Å². The van der Waals surface area contributed by atoms with E-state index in [1.54, 1.807) is 13.8 Å². The highest BCUT2D eigenvalue weighted by Crippen LogP contribution is 2.19. The number of aromatic nitrogens is 1. The van der Waals surface area contributed by atoms with Crippen LogP contribution in [0, 0.1) is 0 Å². The average Bonchev–Trinajstić information content (AvgIpc) is 2.20. The summed E-state index contributed by atoms with van der Waals surface area (Å²) in [6.07, 6.45) is 0. The lowest BCUT2D eigenvalue weighted by Gasteiger charge is -2.23. The second-order valence-corrected chi connectivity index (χ2v) is 4.35. The van der Waals surface area contributed by atoms with Crippen molar-refractivity contribution in [1.29, 1.82) is 0 Å². The SMILES string of the molecule is CC(C)(Nc1ccc(Cl)c(C(=O)O)n1)C(N)=O. The van der Waals surface area contributed by atoms with E-state index in [0.717, 1.165) is 0 Å². The summed E-state index contributed by atoms with van der Waals surface area (Å²) < 4.78 is 0. The van der Waals surface area contributed by atoms with E-state index in [1.807, 2.05) is 0 Å². The average molecular weight is 258 g/mol. The Labute approximate surface area is 103 Å². The molecule has 0 unspecified atom stereocenters. The Morgan fingerprint density at radius 3 is 2.53 bits per heavy atom. The lowest BCUT2D eigenvalue weighted by molar-refractivity contribution is -0.121. The molecule has 1 rings (SSSR count). The number of halogens is 1. The van der Waals surface area contributed by atoms with Gasteiger partial charge in [-0.25, -0.2) is 9.78 Å². The summed E-state index contributed by atoms with van der Waals surface area (Å²) in [4.78, 5) is 25.7. The molecule has 0 aliphatic heterocycles. The third-order valence-electron chi connectivity index (χ3n) is 2.11. The predicted octanol–water partition coefficient (Wildman–Crippen LogP) is 1.11. The van der Waals surface area contributed by atoms with E-state index in [9.17, 15) is 9.59 Å². The minimum atomic E-state index is -1.24. The van der Waals surface area contributed by atoms with Gasteiger partial charge in [0.25, 0.3) is 0 Å². The molecule has 0 aliphatic rings. The number of carboxylic acid groups (broad SMARTS) is 1. The number of hydrogen-bond acceptors (Lipinski definition) is 4. The van der Waals surface area contributed by atoms with Crippen molar-refractivity contribution in [1.82, 2.24) is 4.98 Å². The second-order valence-electron chi connectivity index (χ2n) is 3.95. The zero-order valence-electron chi connectivity index (χ0n) is 9.32. The molecule has 0 radical (unpaired) electrons. The normalized spacial score (nSPS) is 11.0. The number of primary amides is 1. The van der Waals surface area contributed by atoms with Crippen molar-refractivity contribution in [3.63, 3.8) is 0 Å². The lowest BCUT2D eigenvalue weighted by atomic mass is 10.1. The van der Waals surface area contributed by atoms with Crippen LogP contribution in [0.4, 0.5) is 5.82 Å². The first-order valence-corrected chi connectivity index (χ1v) is 5.10. The smallest absolute Gasteiger partial charge is 0.356 e. The monoisotopic (exact) mass is 257 g/mol. The molecule has 1 heterocycles. The van der Waals surface area contributed by atoms with Crippen LogP contribution in [-0.4, -0.2) is 27.5 Å². The van der Waals surface area contributed by atoms with Crippen molar-refractivity contribution >= 4 is 29.3 Å². The van der Waals surface area contributed by atoms with Crippen molar-refractivity contribution in [3.8, 4) is 0 Å². The van der Waals surface area contributed by atoms with Crippen LogP contribution in [-0.2, 0) is 4.79 Å². The van der Waals surface area contributed by atoms with E-state index in [2.05, 4.69) is 10.3 Å². The fourth-order valence-corrected chi connectivity index (χ4v) is 1.23. The maximum atomic E-state index is 11.1. The minimum absolute atomic E-state index is 0.0277. The Kier molecular flexibility index (Phi) is 3.57. The molecule has 4 N–H and O–H groups in total. The summed E-state index contributed by atoms with van der Waals surface area (Å²) in [5, 5.41) is 11.6. The molecule has 1 aromatic heterocycles. The third kappa shape index (κ3) is 3.07. The number of carbonyl (C=O) groups is 2. The maximum absolute atomic E-state index is 11.1. The molecule has 0 spiro atoms. The van der Waals surface area contributed by atoms with Gasteiger partial charge in [-0.2, -0.15) is 0 Å². The number of carbonyl (C=O) groups excluding carboxylic acids is 1. The number of hydrogen-bond donors (Lipinski definition) is 3. The number of aromatic carboxylic acids is 1. The predicted molar refractivity (Wildman–Crippen MR) is 63.1 cm³/mol. The first kappa shape index (κ1) is 13.2. The number of carboxylic acids is 1. The first-order valence-electron chi connectivity index (χ1n) is 4.72. The molecule has 0 atom stereocenters. The number of amides is 1. The molecule has 0 bridgehead atoms. The lowest BCUT2D eigenvalue weighted by Crippen LogP contribution is -2.45. The summed E-state index contributed by atoms with van der Waals surface area (Å²) in [7, 11) is 0. The van der Waals surface area contributed by atoms with Crippen LogP contribution in [0.15, 0.2) is 12.1 Å². The standard InChI is InChI=1S/C10H12ClN3O3/c1-10(2,9(12)17)14-6-4-3-5(11)7(13-6)8(15)16/h3-4H,1-2H3,(H2,12,17)(H,13,14)(H,15,16). The van der Waals surface area contributed by atoms with Crippen molar-refractivity contribution in [2.24, 2.45) is 5.73 Å². The van der Waals surface area contributed by atoms with Crippen LogP contribution in [0.2, 0.25) is 5.02 Å². The number of nitrogens with one attached hydrogen (secondary N) is 1. The van der Waals surface area contributed by atoms with Gasteiger partial charge in [0.1, 0.15) is 11.4 Å². The fraction of sp³-hybridized carbons (Fsp3) is 0.300. The van der Waals surface area contributed by atoms with Gasteiger partial charge in [0.05, 0.1) is 5.02 Å². The van der Waals surface area contributed by atoms with E-state index < -0.39 is 17.4 Å². The highest BCUT2D eigenvalue weighted by Gasteiger charge is 2.25. The van der Waals surface area contributed by atoms with Crippen molar-refractivity contribution in [2.45, 2.75) is 19.4 Å². The van der Waals surface area contributed by atoms with Gasteiger partial charge in [-0.3, -0.25) is 4.79 Å². The van der Waals surface area contributed by atoms with Gasteiger partial charge >= 0.3 is 5.97 Å². The maximum Gasteiger partial charge on any atom is 0.356 e. The Bertz CT molecular complexity index is 474. The largest absolute Gasteiger partial charge is 0.476 e. The van der Waals surface area contributed by atoms with Crippen molar-refractivity contribution < 1.29 is 14.7 Å². The summed E-state index contributed by atoms with van der Waals surface area (Å²) in [5.41, 5.74) is 3.86. The van der Waals surface area contributed by atoms with E-state index >= 15 is 0 Å². The highest BCUT2D eigenvalue weighted by molar-refractivity contribution is 6.33. The van der Waals surface area contributed by atoms with Gasteiger partial charge in [0.2, 0.25) is 5.91 Å². The Hall–Kier alpha value is -1.82. The van der Waals surface area contributed by atoms with Crippen LogP contribution < -0.4 is 11.1 Å². The summed E-state index contributed by atoms with van der Waals surface area (Å²) in [5.74, 6) is -1.60. The third-order valence-corrected chi connectivity index (χ3v) is 2.41. The van der Waals surface area contributed by atoms with Gasteiger partial charge in [-0.05, 0) is 26.0 Å². The molecule has 7 heteroatoms. The summed E-state index contributed by atoms with van der Waals surface area (Å²) >= 11 is 5.66. The number of anilines is 1. The molecule has 92 valence electrons. The van der Waals surface area contributed by atoms with Crippen molar-refractivity contribution in [2.75, 3.05) is 5.32 Å². The summed E-state index contributed by atoms with van der Waals surface area (Å²) in [6, 6.07) is 2.86. The molecular weight excluding hydrogens is 246 g/mol. The van der Waals surface area contributed by atoms with Crippen LogP contribution in [0.1, 0.15) is 24.3 Å². The molecule has 0 aromatic carbocycles. The van der Waals surface area contributed by atoms with Gasteiger partial charge in [0.15, 0.2) is 5.69 Å². The molecular formula is C10H12ClN3O3. The van der Waals surface area contributed by atoms with E-state index in [4.69, 9.17) is 22.4 Å². The van der Waals surface area contributed by atoms with Gasteiger partial charge in [0, 0.05) is 0 Å². The van der Waals surface area contributed by atoms with Crippen LogP contribution in [0.5, 0.6) is 0 Å². The molecule has 1 amide bonds. The first-order chi connectivity index (χ1) is 7.74. The number of rotatable bonds is 4. The fourth-order valence-electron chi connectivity index (χ4n) is 1.04. The van der Waals surface area contributed by atoms with Crippen LogP contribution in [0.3, 0.4) is 0 Å². The van der Waals surface area contributed by atoms with Crippen LogP contribution >= 0.6 is 11.6 Å².